The summed E-state index contributed by atoms with van der Waals surface area (Å²) in [4.78, 5) is 34.9. The molecule has 0 aromatic carbocycles. The predicted molar refractivity (Wildman–Crippen MR) is 83.6 cm³/mol. The first-order chi connectivity index (χ1) is 11.1. The average molecular weight is 346 g/mol. The topological polar surface area (TPSA) is 174 Å². The van der Waals surface area contributed by atoms with Crippen molar-refractivity contribution < 1.29 is 29.7 Å². The van der Waals surface area contributed by atoms with Crippen molar-refractivity contribution in [2.75, 3.05) is 6.54 Å². The first-order valence-electron chi connectivity index (χ1n) is 7.84. The molecular weight excluding hydrogens is 320 g/mol. The zero-order valence-corrected chi connectivity index (χ0v) is 13.8. The number of hydrogen-bond donors (Lipinski definition) is 7. The van der Waals surface area contributed by atoms with Gasteiger partial charge >= 0.3 is 6.03 Å². The van der Waals surface area contributed by atoms with Gasteiger partial charge in [0.25, 0.3) is 5.91 Å². The zero-order valence-electron chi connectivity index (χ0n) is 13.8. The lowest BCUT2D eigenvalue weighted by atomic mass is 9.77. The lowest BCUT2D eigenvalue weighted by molar-refractivity contribution is -0.158. The van der Waals surface area contributed by atoms with Crippen molar-refractivity contribution in [2.45, 2.75) is 63.0 Å². The van der Waals surface area contributed by atoms with Crippen LogP contribution in [0.1, 0.15) is 33.1 Å². The Morgan fingerprint density at radius 3 is 2.46 bits per heavy atom. The number of aliphatic hydroxyl groups excluding tert-OH is 2. The molecule has 0 aliphatic heterocycles. The van der Waals surface area contributed by atoms with Crippen molar-refractivity contribution >= 4 is 17.8 Å². The highest BCUT2D eigenvalue weighted by Gasteiger charge is 2.49. The molecular formula is C14H26N4O6. The summed E-state index contributed by atoms with van der Waals surface area (Å²) >= 11 is 0. The molecule has 1 fully saturated rings. The number of primary amides is 1. The van der Waals surface area contributed by atoms with Crippen molar-refractivity contribution in [2.24, 2.45) is 5.73 Å². The van der Waals surface area contributed by atoms with Gasteiger partial charge in [-0.2, -0.15) is 0 Å². The summed E-state index contributed by atoms with van der Waals surface area (Å²) in [5, 5.41) is 37.6. The van der Waals surface area contributed by atoms with Crippen LogP contribution in [0.3, 0.4) is 0 Å². The van der Waals surface area contributed by atoms with Gasteiger partial charge in [-0.05, 0) is 13.3 Å². The standard InChI is InChI=1S/C14H26N4O6/c1-3-4-16-13(23)18-8-5-14(24,6-9(19)10(8)20)12(22)17-7(2)11(15)21/h7-10,19-20,24H,3-6H2,1-2H3,(H2,15,21)(H,17,22)(H2,16,18,23). The Kier molecular flexibility index (Phi) is 6.93. The number of aliphatic hydroxyl groups is 3. The van der Waals surface area contributed by atoms with Crippen LogP contribution in [0.15, 0.2) is 0 Å². The largest absolute Gasteiger partial charge is 0.390 e. The van der Waals surface area contributed by atoms with Gasteiger partial charge in [-0.15, -0.1) is 0 Å². The molecule has 10 nitrogen and oxygen atoms in total. The third-order valence-corrected chi connectivity index (χ3v) is 3.96. The maximum absolute atomic E-state index is 12.2. The smallest absolute Gasteiger partial charge is 0.315 e. The Morgan fingerprint density at radius 2 is 1.92 bits per heavy atom. The molecule has 1 saturated carbocycles. The van der Waals surface area contributed by atoms with E-state index >= 15 is 0 Å². The molecule has 0 aromatic rings. The zero-order chi connectivity index (χ0) is 18.5. The molecule has 0 radical (unpaired) electrons. The van der Waals surface area contributed by atoms with E-state index < -0.39 is 54.2 Å². The minimum absolute atomic E-state index is 0.317. The minimum atomic E-state index is -2.05. The summed E-state index contributed by atoms with van der Waals surface area (Å²) in [6.07, 6.45) is -2.79. The fourth-order valence-corrected chi connectivity index (χ4v) is 2.48. The molecule has 8 N–H and O–H groups in total. The summed E-state index contributed by atoms with van der Waals surface area (Å²) in [7, 11) is 0. The van der Waals surface area contributed by atoms with E-state index in [0.717, 1.165) is 0 Å². The fraction of sp³-hybridized carbons (Fsp3) is 0.786. The molecule has 0 heterocycles. The highest BCUT2D eigenvalue weighted by molar-refractivity contribution is 5.90. The number of hydrogen-bond acceptors (Lipinski definition) is 6. The second-order valence-electron chi connectivity index (χ2n) is 6.10. The van der Waals surface area contributed by atoms with Gasteiger partial charge in [0.15, 0.2) is 0 Å². The van der Waals surface area contributed by atoms with Gasteiger partial charge in [-0.3, -0.25) is 9.59 Å². The molecule has 1 aliphatic rings. The molecule has 4 amide bonds. The maximum atomic E-state index is 12.2. The average Bonchev–Trinajstić information content (AvgIpc) is 2.49. The number of carbonyl (C=O) groups excluding carboxylic acids is 3. The van der Waals surface area contributed by atoms with E-state index in [1.54, 1.807) is 0 Å². The number of urea groups is 1. The van der Waals surface area contributed by atoms with Gasteiger partial charge in [0.2, 0.25) is 5.91 Å². The van der Waals surface area contributed by atoms with Crippen LogP contribution in [0, 0.1) is 0 Å². The Hall–Kier alpha value is -1.91. The molecule has 0 spiro atoms. The van der Waals surface area contributed by atoms with E-state index in [2.05, 4.69) is 16.0 Å². The van der Waals surface area contributed by atoms with Crippen LogP contribution >= 0.6 is 0 Å². The second kappa shape index (κ2) is 8.27. The molecule has 0 bridgehead atoms. The van der Waals surface area contributed by atoms with Gasteiger partial charge in [0.05, 0.1) is 12.1 Å². The Bertz CT molecular complexity index is 488. The van der Waals surface area contributed by atoms with E-state index in [4.69, 9.17) is 5.73 Å². The van der Waals surface area contributed by atoms with Crippen LogP contribution in [0.2, 0.25) is 0 Å². The molecule has 24 heavy (non-hydrogen) atoms. The van der Waals surface area contributed by atoms with E-state index in [1.807, 2.05) is 6.92 Å². The van der Waals surface area contributed by atoms with Crippen LogP contribution in [0.25, 0.3) is 0 Å². The summed E-state index contributed by atoms with van der Waals surface area (Å²) < 4.78 is 0. The lowest BCUT2D eigenvalue weighted by Crippen LogP contribution is -2.64. The fourth-order valence-electron chi connectivity index (χ4n) is 2.48. The minimum Gasteiger partial charge on any atom is -0.390 e. The second-order valence-corrected chi connectivity index (χ2v) is 6.10. The van der Waals surface area contributed by atoms with Crippen LogP contribution in [0.5, 0.6) is 0 Å². The van der Waals surface area contributed by atoms with Crippen molar-refractivity contribution in [1.29, 1.82) is 0 Å². The molecule has 5 unspecified atom stereocenters. The molecule has 5 atom stereocenters. The van der Waals surface area contributed by atoms with E-state index in [9.17, 15) is 29.7 Å². The van der Waals surface area contributed by atoms with Gasteiger partial charge in [-0.25, -0.2) is 4.79 Å². The van der Waals surface area contributed by atoms with Gasteiger partial charge in [0.1, 0.15) is 17.7 Å². The number of nitrogens with one attached hydrogen (secondary N) is 3. The van der Waals surface area contributed by atoms with Crippen LogP contribution in [-0.2, 0) is 9.59 Å². The van der Waals surface area contributed by atoms with Crippen molar-refractivity contribution in [1.82, 2.24) is 16.0 Å². The Balaban J connectivity index is 2.80. The van der Waals surface area contributed by atoms with Gasteiger partial charge in [0, 0.05) is 19.4 Å². The highest BCUT2D eigenvalue weighted by atomic mass is 16.3. The lowest BCUT2D eigenvalue weighted by Gasteiger charge is -2.41. The van der Waals surface area contributed by atoms with Gasteiger partial charge in [-0.1, -0.05) is 6.92 Å². The Labute approximate surface area is 139 Å². The number of carbonyl (C=O) groups is 3. The maximum Gasteiger partial charge on any atom is 0.315 e. The van der Waals surface area contributed by atoms with Crippen LogP contribution in [-0.4, -0.2) is 69.6 Å². The molecule has 0 saturated heterocycles. The third kappa shape index (κ3) is 5.05. The summed E-state index contributed by atoms with van der Waals surface area (Å²) in [6, 6.07) is -2.63. The summed E-state index contributed by atoms with van der Waals surface area (Å²) in [5.74, 6) is -1.68. The molecule has 138 valence electrons. The SMILES string of the molecule is CCCNC(=O)NC1CC(O)(C(=O)NC(C)C(N)=O)CC(O)C1O. The quantitative estimate of drug-likeness (QED) is 0.275. The van der Waals surface area contributed by atoms with Gasteiger partial charge < -0.3 is 37.0 Å². The van der Waals surface area contributed by atoms with E-state index in [1.165, 1.54) is 6.92 Å². The molecule has 1 rings (SSSR count). The number of amides is 4. The van der Waals surface area contributed by atoms with E-state index in [-0.39, 0.29) is 6.42 Å². The van der Waals surface area contributed by atoms with E-state index in [0.29, 0.717) is 13.0 Å². The van der Waals surface area contributed by atoms with Crippen LogP contribution < -0.4 is 21.7 Å². The summed E-state index contributed by atoms with van der Waals surface area (Å²) in [6.45, 7) is 3.63. The summed E-state index contributed by atoms with van der Waals surface area (Å²) in [5.41, 5.74) is 3.01. The number of rotatable bonds is 6. The monoisotopic (exact) mass is 346 g/mol. The number of nitrogens with two attached hydrogens (primary N) is 1. The van der Waals surface area contributed by atoms with Crippen molar-refractivity contribution in [3.63, 3.8) is 0 Å². The molecule has 1 aliphatic carbocycles. The highest BCUT2D eigenvalue weighted by Crippen LogP contribution is 2.29. The normalized spacial score (nSPS) is 31.0. The molecule has 10 heteroatoms. The first-order valence-corrected chi connectivity index (χ1v) is 7.84. The van der Waals surface area contributed by atoms with Crippen LogP contribution in [0.4, 0.5) is 4.79 Å². The van der Waals surface area contributed by atoms with Crippen molar-refractivity contribution in [3.05, 3.63) is 0 Å². The first kappa shape index (κ1) is 20.1. The Morgan fingerprint density at radius 1 is 1.29 bits per heavy atom. The van der Waals surface area contributed by atoms with Crippen molar-refractivity contribution in [3.8, 4) is 0 Å². The molecule has 0 aromatic heterocycles. The predicted octanol–water partition coefficient (Wildman–Crippen LogP) is -2.70. The third-order valence-electron chi connectivity index (χ3n) is 3.96.